The first kappa shape index (κ1) is 30.2. The van der Waals surface area contributed by atoms with Crippen LogP contribution in [0.4, 0.5) is 0 Å². The van der Waals surface area contributed by atoms with E-state index in [9.17, 15) is 9.59 Å². The molecule has 5 atom stereocenters. The Kier molecular flexibility index (Phi) is 15.8. The first-order chi connectivity index (χ1) is 15.1. The molecule has 0 heterocycles. The van der Waals surface area contributed by atoms with E-state index in [1.165, 1.54) is 5.56 Å². The van der Waals surface area contributed by atoms with Crippen LogP contribution in [0.1, 0.15) is 99.6 Å². The summed E-state index contributed by atoms with van der Waals surface area (Å²) in [6.07, 6.45) is 4.05. The summed E-state index contributed by atoms with van der Waals surface area (Å²) in [6.45, 7) is 20.6. The zero-order valence-electron chi connectivity index (χ0n) is 22.3. The zero-order chi connectivity index (χ0) is 24.7. The minimum absolute atomic E-state index is 0.102. The van der Waals surface area contributed by atoms with Crippen molar-refractivity contribution in [3.05, 3.63) is 35.9 Å². The average molecular weight is 447 g/mol. The lowest BCUT2D eigenvalue weighted by Gasteiger charge is -2.33. The molecule has 4 heteroatoms. The van der Waals surface area contributed by atoms with Gasteiger partial charge in [0.05, 0.1) is 6.04 Å². The Balaban J connectivity index is 0.000000687. The molecule has 1 aromatic rings. The molecule has 0 saturated carbocycles. The Morgan fingerprint density at radius 2 is 1.31 bits per heavy atom. The van der Waals surface area contributed by atoms with E-state index in [4.69, 9.17) is 0 Å². The number of amides is 2. The fourth-order valence-corrected chi connectivity index (χ4v) is 3.05. The van der Waals surface area contributed by atoms with Gasteiger partial charge in [0, 0.05) is 24.9 Å². The number of nitrogens with one attached hydrogen (secondary N) is 1. The SMILES string of the molecule is CC[C@H](C)CN(C(=O)[C@@H](C)CC)[C@H](C)c1ccccc1.CC[C@H](C)CNC(=O)[C@@H](C)CC. The van der Waals surface area contributed by atoms with Crippen LogP contribution in [0.2, 0.25) is 0 Å². The van der Waals surface area contributed by atoms with E-state index >= 15 is 0 Å². The maximum absolute atomic E-state index is 12.7. The van der Waals surface area contributed by atoms with E-state index in [2.05, 4.69) is 63.9 Å². The van der Waals surface area contributed by atoms with E-state index in [1.54, 1.807) is 0 Å². The van der Waals surface area contributed by atoms with Gasteiger partial charge in [-0.05, 0) is 37.2 Å². The fourth-order valence-electron chi connectivity index (χ4n) is 3.05. The second kappa shape index (κ2) is 16.7. The first-order valence-corrected chi connectivity index (χ1v) is 12.8. The van der Waals surface area contributed by atoms with Crippen LogP contribution in [-0.4, -0.2) is 29.8 Å². The quantitative estimate of drug-likeness (QED) is 0.381. The summed E-state index contributed by atoms with van der Waals surface area (Å²) >= 11 is 0. The highest BCUT2D eigenvalue weighted by molar-refractivity contribution is 5.79. The van der Waals surface area contributed by atoms with Gasteiger partial charge in [0.1, 0.15) is 0 Å². The molecular weight excluding hydrogens is 396 g/mol. The summed E-state index contributed by atoms with van der Waals surface area (Å²) in [4.78, 5) is 26.0. The molecule has 1 aromatic carbocycles. The van der Waals surface area contributed by atoms with Gasteiger partial charge in [-0.3, -0.25) is 9.59 Å². The van der Waals surface area contributed by atoms with Gasteiger partial charge in [-0.15, -0.1) is 0 Å². The Bertz CT molecular complexity index is 632. The Morgan fingerprint density at radius 1 is 0.781 bits per heavy atom. The lowest BCUT2D eigenvalue weighted by molar-refractivity contribution is -0.138. The summed E-state index contributed by atoms with van der Waals surface area (Å²) in [6, 6.07) is 10.5. The van der Waals surface area contributed by atoms with E-state index in [0.717, 1.165) is 38.8 Å². The van der Waals surface area contributed by atoms with Crippen molar-refractivity contribution < 1.29 is 9.59 Å². The Hall–Kier alpha value is -1.84. The van der Waals surface area contributed by atoms with Crippen LogP contribution in [0.25, 0.3) is 0 Å². The van der Waals surface area contributed by atoms with E-state index < -0.39 is 0 Å². The predicted octanol–water partition coefficient (Wildman–Crippen LogP) is 6.86. The average Bonchev–Trinajstić information content (AvgIpc) is 2.84. The van der Waals surface area contributed by atoms with Crippen LogP contribution in [0.3, 0.4) is 0 Å². The first-order valence-electron chi connectivity index (χ1n) is 12.8. The molecule has 0 saturated heterocycles. The van der Waals surface area contributed by atoms with E-state index in [-0.39, 0.29) is 29.7 Å². The molecule has 0 spiro atoms. The standard InChI is InChI=1S/C18H29NO.C10H21NO/c1-6-14(3)13-19(18(20)15(4)7-2)16(5)17-11-9-8-10-12-17;1-5-8(3)7-11-10(12)9(4)6-2/h8-12,14-16H,6-7,13H2,1-5H3;8-9H,5-7H2,1-4H3,(H,11,12)/t14-,15-,16+;8-,9-/m00/s1. The van der Waals surface area contributed by atoms with Gasteiger partial charge in [0.2, 0.25) is 11.8 Å². The summed E-state index contributed by atoms with van der Waals surface area (Å²) in [5, 5.41) is 2.95. The zero-order valence-corrected chi connectivity index (χ0v) is 22.3. The lowest BCUT2D eigenvalue weighted by atomic mass is 10.00. The van der Waals surface area contributed by atoms with Gasteiger partial charge in [-0.2, -0.15) is 0 Å². The molecule has 0 unspecified atom stereocenters. The molecule has 0 aliphatic heterocycles. The van der Waals surface area contributed by atoms with Gasteiger partial charge in [-0.1, -0.05) is 98.6 Å². The monoisotopic (exact) mass is 446 g/mol. The molecule has 0 bridgehead atoms. The summed E-state index contributed by atoms with van der Waals surface area (Å²) < 4.78 is 0. The third-order valence-electron chi connectivity index (χ3n) is 6.65. The molecule has 0 aliphatic carbocycles. The number of carbonyl (C=O) groups excluding carboxylic acids is 2. The normalized spacial score (nSPS) is 15.4. The van der Waals surface area contributed by atoms with Crippen LogP contribution < -0.4 is 5.32 Å². The predicted molar refractivity (Wildman–Crippen MR) is 137 cm³/mol. The van der Waals surface area contributed by atoms with Crippen molar-refractivity contribution in [3.63, 3.8) is 0 Å². The highest BCUT2D eigenvalue weighted by Gasteiger charge is 2.25. The van der Waals surface area contributed by atoms with Gasteiger partial charge >= 0.3 is 0 Å². The molecule has 0 radical (unpaired) electrons. The van der Waals surface area contributed by atoms with Crippen LogP contribution in [0.5, 0.6) is 0 Å². The van der Waals surface area contributed by atoms with Crippen molar-refractivity contribution in [3.8, 4) is 0 Å². The largest absolute Gasteiger partial charge is 0.356 e. The second-order valence-corrected chi connectivity index (χ2v) is 9.47. The summed E-state index contributed by atoms with van der Waals surface area (Å²) in [5.41, 5.74) is 1.22. The third-order valence-corrected chi connectivity index (χ3v) is 6.65. The molecule has 0 aromatic heterocycles. The third kappa shape index (κ3) is 11.2. The number of benzene rings is 1. The Labute approximate surface area is 198 Å². The molecule has 2 amide bonds. The van der Waals surface area contributed by atoms with Gasteiger partial charge in [0.25, 0.3) is 0 Å². The maximum atomic E-state index is 12.7. The molecule has 1 rings (SSSR count). The smallest absolute Gasteiger partial charge is 0.225 e. The molecule has 1 N–H and O–H groups in total. The number of rotatable bonds is 12. The van der Waals surface area contributed by atoms with Gasteiger partial charge in [0.15, 0.2) is 0 Å². The van der Waals surface area contributed by atoms with Crippen molar-refractivity contribution in [1.29, 1.82) is 0 Å². The summed E-state index contributed by atoms with van der Waals surface area (Å²) in [5.74, 6) is 1.87. The van der Waals surface area contributed by atoms with E-state index in [1.807, 2.05) is 39.0 Å². The highest BCUT2D eigenvalue weighted by atomic mass is 16.2. The van der Waals surface area contributed by atoms with Crippen LogP contribution >= 0.6 is 0 Å². The molecule has 0 aliphatic rings. The maximum Gasteiger partial charge on any atom is 0.225 e. The molecule has 184 valence electrons. The van der Waals surface area contributed by atoms with Crippen molar-refractivity contribution >= 4 is 11.8 Å². The van der Waals surface area contributed by atoms with Gasteiger partial charge < -0.3 is 10.2 Å². The fraction of sp³-hybridized carbons (Fsp3) is 0.714. The van der Waals surface area contributed by atoms with Crippen LogP contribution in [-0.2, 0) is 9.59 Å². The number of hydrogen-bond donors (Lipinski definition) is 1. The van der Waals surface area contributed by atoms with Crippen molar-refractivity contribution in [2.75, 3.05) is 13.1 Å². The highest BCUT2D eigenvalue weighted by Crippen LogP contribution is 2.24. The lowest BCUT2D eigenvalue weighted by Crippen LogP contribution is -2.39. The van der Waals surface area contributed by atoms with Crippen molar-refractivity contribution in [1.82, 2.24) is 10.2 Å². The molecule has 4 nitrogen and oxygen atoms in total. The van der Waals surface area contributed by atoms with Crippen molar-refractivity contribution in [2.24, 2.45) is 23.7 Å². The number of carbonyl (C=O) groups is 2. The van der Waals surface area contributed by atoms with E-state index in [0.29, 0.717) is 11.8 Å². The Morgan fingerprint density at radius 3 is 1.78 bits per heavy atom. The molecule has 32 heavy (non-hydrogen) atoms. The summed E-state index contributed by atoms with van der Waals surface area (Å²) in [7, 11) is 0. The van der Waals surface area contributed by atoms with Gasteiger partial charge in [-0.25, -0.2) is 0 Å². The second-order valence-electron chi connectivity index (χ2n) is 9.47. The van der Waals surface area contributed by atoms with Crippen LogP contribution in [0, 0.1) is 23.7 Å². The number of nitrogens with zero attached hydrogens (tertiary/aromatic N) is 1. The molecule has 0 fully saturated rings. The van der Waals surface area contributed by atoms with Crippen LogP contribution in [0.15, 0.2) is 30.3 Å². The number of hydrogen-bond acceptors (Lipinski definition) is 2. The minimum atomic E-state index is 0.102. The topological polar surface area (TPSA) is 49.4 Å². The molecular formula is C28H50N2O2. The van der Waals surface area contributed by atoms with Crippen molar-refractivity contribution in [2.45, 2.75) is 94.0 Å². The minimum Gasteiger partial charge on any atom is -0.356 e.